The van der Waals surface area contributed by atoms with E-state index in [0.717, 1.165) is 0 Å². The molecule has 0 saturated carbocycles. The van der Waals surface area contributed by atoms with Crippen molar-refractivity contribution in [1.82, 2.24) is 5.32 Å². The molecule has 0 heterocycles. The summed E-state index contributed by atoms with van der Waals surface area (Å²) in [6.45, 7) is 5.18. The van der Waals surface area contributed by atoms with E-state index in [1.165, 1.54) is 6.92 Å². The molecule has 0 radical (unpaired) electrons. The summed E-state index contributed by atoms with van der Waals surface area (Å²) in [6, 6.07) is 6.24. The summed E-state index contributed by atoms with van der Waals surface area (Å²) in [4.78, 5) is 22.7. The molecule has 1 atom stereocenters. The van der Waals surface area contributed by atoms with E-state index in [-0.39, 0.29) is 18.4 Å². The number of aliphatic hydroxyl groups is 1. The first-order valence-corrected chi connectivity index (χ1v) is 6.22. The second kappa shape index (κ2) is 6.33. The second-order valence-electron chi connectivity index (χ2n) is 4.79. The molecule has 0 saturated heterocycles. The molecule has 19 heavy (non-hydrogen) atoms. The number of urea groups is 1. The highest BCUT2D eigenvalue weighted by atomic mass is 16.3. The summed E-state index contributed by atoms with van der Waals surface area (Å²) >= 11 is 0. The lowest BCUT2D eigenvalue weighted by molar-refractivity contribution is 0.0587. The largest absolute Gasteiger partial charge is 0.388 e. The fourth-order valence-electron chi connectivity index (χ4n) is 1.36. The standard InChI is InChI=1S/C14H20N2O3/c1-4-14(3,19)9-15-13(18)16-12-7-5-11(6-8-12)10(2)17/h5-8,19H,4,9H2,1-3H3,(H2,15,16,18). The summed E-state index contributed by atoms with van der Waals surface area (Å²) in [6.07, 6.45) is 0.556. The molecular weight excluding hydrogens is 244 g/mol. The molecular formula is C14H20N2O3. The van der Waals surface area contributed by atoms with E-state index in [0.29, 0.717) is 17.7 Å². The fraction of sp³-hybridized carbons (Fsp3) is 0.429. The van der Waals surface area contributed by atoms with E-state index in [9.17, 15) is 14.7 Å². The van der Waals surface area contributed by atoms with Crippen LogP contribution in [-0.4, -0.2) is 29.1 Å². The topological polar surface area (TPSA) is 78.4 Å². The van der Waals surface area contributed by atoms with Crippen LogP contribution in [0.5, 0.6) is 0 Å². The Morgan fingerprint density at radius 1 is 1.26 bits per heavy atom. The number of Topliss-reactive ketones (excluding diaryl/α,β-unsaturated/α-hetero) is 1. The molecule has 5 heteroatoms. The molecule has 1 aromatic rings. The number of nitrogens with one attached hydrogen (secondary N) is 2. The van der Waals surface area contributed by atoms with Crippen LogP contribution in [0.25, 0.3) is 0 Å². The molecule has 1 unspecified atom stereocenters. The highest BCUT2D eigenvalue weighted by Gasteiger charge is 2.18. The summed E-state index contributed by atoms with van der Waals surface area (Å²) in [7, 11) is 0. The van der Waals surface area contributed by atoms with Crippen LogP contribution >= 0.6 is 0 Å². The van der Waals surface area contributed by atoms with Crippen molar-refractivity contribution < 1.29 is 14.7 Å². The van der Waals surface area contributed by atoms with Crippen molar-refractivity contribution in [2.24, 2.45) is 0 Å². The highest BCUT2D eigenvalue weighted by molar-refractivity contribution is 5.95. The molecule has 0 aromatic heterocycles. The van der Waals surface area contributed by atoms with Gasteiger partial charge >= 0.3 is 6.03 Å². The minimum atomic E-state index is -0.907. The Hall–Kier alpha value is -1.88. The van der Waals surface area contributed by atoms with Crippen molar-refractivity contribution in [2.75, 3.05) is 11.9 Å². The van der Waals surface area contributed by atoms with E-state index in [1.54, 1.807) is 31.2 Å². The molecule has 104 valence electrons. The first-order chi connectivity index (χ1) is 8.84. The average molecular weight is 264 g/mol. The van der Waals surface area contributed by atoms with Gasteiger partial charge in [0.2, 0.25) is 0 Å². The number of benzene rings is 1. The van der Waals surface area contributed by atoms with Gasteiger partial charge in [0.1, 0.15) is 0 Å². The third kappa shape index (κ3) is 5.09. The highest BCUT2D eigenvalue weighted by Crippen LogP contribution is 2.10. The minimum absolute atomic E-state index is 0.0185. The molecule has 5 nitrogen and oxygen atoms in total. The van der Waals surface area contributed by atoms with Crippen LogP contribution in [0.15, 0.2) is 24.3 Å². The van der Waals surface area contributed by atoms with Gasteiger partial charge in [-0.15, -0.1) is 0 Å². The maximum absolute atomic E-state index is 11.6. The van der Waals surface area contributed by atoms with Crippen molar-refractivity contribution in [2.45, 2.75) is 32.8 Å². The quantitative estimate of drug-likeness (QED) is 0.713. The molecule has 1 rings (SSSR count). The third-order valence-corrected chi connectivity index (χ3v) is 2.94. The molecule has 0 aliphatic rings. The first kappa shape index (κ1) is 15.2. The average Bonchev–Trinajstić information content (AvgIpc) is 2.37. The van der Waals surface area contributed by atoms with Gasteiger partial charge in [-0.3, -0.25) is 4.79 Å². The molecule has 0 aliphatic carbocycles. The zero-order valence-electron chi connectivity index (χ0n) is 11.5. The fourth-order valence-corrected chi connectivity index (χ4v) is 1.36. The van der Waals surface area contributed by atoms with Crippen LogP contribution in [0.2, 0.25) is 0 Å². The summed E-state index contributed by atoms with van der Waals surface area (Å²) in [5.41, 5.74) is 0.286. The lowest BCUT2D eigenvalue weighted by Gasteiger charge is -2.21. The SMILES string of the molecule is CCC(C)(O)CNC(=O)Nc1ccc(C(C)=O)cc1. The summed E-state index contributed by atoms with van der Waals surface area (Å²) in [5.74, 6) is -0.0185. The molecule has 0 spiro atoms. The van der Waals surface area contributed by atoms with Crippen LogP contribution < -0.4 is 10.6 Å². The Bertz CT molecular complexity index is 452. The van der Waals surface area contributed by atoms with Crippen molar-refractivity contribution in [3.8, 4) is 0 Å². The van der Waals surface area contributed by atoms with Crippen LogP contribution in [0.3, 0.4) is 0 Å². The first-order valence-electron chi connectivity index (χ1n) is 6.22. The predicted molar refractivity (Wildman–Crippen MR) is 74.4 cm³/mol. The van der Waals surface area contributed by atoms with Gasteiger partial charge in [0, 0.05) is 17.8 Å². The Kier molecular flexibility index (Phi) is 5.06. The molecule has 2 amide bonds. The number of carbonyl (C=O) groups is 2. The number of hydrogen-bond acceptors (Lipinski definition) is 3. The number of amides is 2. The van der Waals surface area contributed by atoms with Gasteiger partial charge in [-0.25, -0.2) is 4.79 Å². The third-order valence-electron chi connectivity index (χ3n) is 2.94. The number of anilines is 1. The van der Waals surface area contributed by atoms with Gasteiger partial charge < -0.3 is 15.7 Å². The predicted octanol–water partition coefficient (Wildman–Crippen LogP) is 2.17. The maximum atomic E-state index is 11.6. The van der Waals surface area contributed by atoms with Gasteiger partial charge in [0.05, 0.1) is 5.60 Å². The monoisotopic (exact) mass is 264 g/mol. The second-order valence-corrected chi connectivity index (χ2v) is 4.79. The van der Waals surface area contributed by atoms with Crippen LogP contribution in [0.4, 0.5) is 10.5 Å². The van der Waals surface area contributed by atoms with Gasteiger partial charge in [0.25, 0.3) is 0 Å². The number of rotatable bonds is 5. The minimum Gasteiger partial charge on any atom is -0.388 e. The molecule has 0 fully saturated rings. The normalized spacial score (nSPS) is 13.5. The van der Waals surface area contributed by atoms with Gasteiger partial charge in [-0.1, -0.05) is 6.92 Å². The van der Waals surface area contributed by atoms with Gasteiger partial charge in [0.15, 0.2) is 5.78 Å². The summed E-state index contributed by atoms with van der Waals surface area (Å²) in [5, 5.41) is 15.0. The zero-order chi connectivity index (χ0) is 14.5. The van der Waals surface area contributed by atoms with Crippen molar-refractivity contribution in [1.29, 1.82) is 0 Å². The Morgan fingerprint density at radius 2 is 1.84 bits per heavy atom. The van der Waals surface area contributed by atoms with Crippen LogP contribution in [0.1, 0.15) is 37.6 Å². The van der Waals surface area contributed by atoms with E-state index in [2.05, 4.69) is 10.6 Å². The van der Waals surface area contributed by atoms with E-state index < -0.39 is 5.60 Å². The van der Waals surface area contributed by atoms with Crippen molar-refractivity contribution in [3.05, 3.63) is 29.8 Å². The van der Waals surface area contributed by atoms with Crippen LogP contribution in [0, 0.1) is 0 Å². The summed E-state index contributed by atoms with van der Waals surface area (Å²) < 4.78 is 0. The van der Waals surface area contributed by atoms with Gasteiger partial charge in [-0.2, -0.15) is 0 Å². The van der Waals surface area contributed by atoms with E-state index >= 15 is 0 Å². The van der Waals surface area contributed by atoms with Crippen LogP contribution in [-0.2, 0) is 0 Å². The number of ketones is 1. The molecule has 3 N–H and O–H groups in total. The lowest BCUT2D eigenvalue weighted by Crippen LogP contribution is -2.41. The van der Waals surface area contributed by atoms with Crippen molar-refractivity contribution >= 4 is 17.5 Å². The van der Waals surface area contributed by atoms with Crippen molar-refractivity contribution in [3.63, 3.8) is 0 Å². The van der Waals surface area contributed by atoms with Gasteiger partial charge in [-0.05, 0) is 44.5 Å². The Morgan fingerprint density at radius 3 is 2.32 bits per heavy atom. The van der Waals surface area contributed by atoms with E-state index in [1.807, 2.05) is 6.92 Å². The lowest BCUT2D eigenvalue weighted by atomic mass is 10.0. The Balaban J connectivity index is 2.51. The van der Waals surface area contributed by atoms with E-state index in [4.69, 9.17) is 0 Å². The number of hydrogen-bond donors (Lipinski definition) is 3. The molecule has 0 bridgehead atoms. The maximum Gasteiger partial charge on any atom is 0.319 e. The smallest absolute Gasteiger partial charge is 0.319 e. The Labute approximate surface area is 113 Å². The number of carbonyl (C=O) groups excluding carboxylic acids is 2. The zero-order valence-corrected chi connectivity index (χ0v) is 11.5. The molecule has 1 aromatic carbocycles. The molecule has 0 aliphatic heterocycles.